The fourth-order valence-electron chi connectivity index (χ4n) is 1.92. The summed E-state index contributed by atoms with van der Waals surface area (Å²) < 4.78 is 12.6. The van der Waals surface area contributed by atoms with Crippen molar-refractivity contribution in [3.05, 3.63) is 36.4 Å². The van der Waals surface area contributed by atoms with Gasteiger partial charge in [-0.15, -0.1) is 0 Å². The third-order valence-electron chi connectivity index (χ3n) is 2.72. The van der Waals surface area contributed by atoms with E-state index in [0.717, 1.165) is 29.4 Å². The molecule has 0 spiro atoms. The fraction of sp³-hybridized carbons (Fsp3) is 0.250. The van der Waals surface area contributed by atoms with Crippen LogP contribution in [0, 0.1) is 0 Å². The molecule has 0 atom stereocenters. The maximum absolute atomic E-state index is 5.56. The SMILES string of the molecule is NCCc1nccn1-c1ccc2c(c1)OCO2. The lowest BCUT2D eigenvalue weighted by Crippen LogP contribution is -2.08. The maximum atomic E-state index is 5.56. The van der Waals surface area contributed by atoms with Gasteiger partial charge in [-0.2, -0.15) is 0 Å². The quantitative estimate of drug-likeness (QED) is 0.859. The van der Waals surface area contributed by atoms with Gasteiger partial charge in [0.25, 0.3) is 0 Å². The topological polar surface area (TPSA) is 62.3 Å². The van der Waals surface area contributed by atoms with E-state index in [0.29, 0.717) is 13.3 Å². The molecule has 0 fully saturated rings. The fourth-order valence-corrected chi connectivity index (χ4v) is 1.92. The highest BCUT2D eigenvalue weighted by Gasteiger charge is 2.14. The van der Waals surface area contributed by atoms with Crippen molar-refractivity contribution >= 4 is 0 Å². The minimum Gasteiger partial charge on any atom is -0.454 e. The number of hydrogen-bond donors (Lipinski definition) is 1. The van der Waals surface area contributed by atoms with E-state index in [2.05, 4.69) is 4.98 Å². The van der Waals surface area contributed by atoms with Crippen molar-refractivity contribution in [2.45, 2.75) is 6.42 Å². The van der Waals surface area contributed by atoms with E-state index in [1.54, 1.807) is 6.20 Å². The number of nitrogens with two attached hydrogens (primary N) is 1. The average Bonchev–Trinajstić information content (AvgIpc) is 2.96. The summed E-state index contributed by atoms with van der Waals surface area (Å²) in [4.78, 5) is 4.29. The van der Waals surface area contributed by atoms with Gasteiger partial charge in [0, 0.05) is 24.9 Å². The highest BCUT2D eigenvalue weighted by Crippen LogP contribution is 2.33. The van der Waals surface area contributed by atoms with Crippen LogP contribution in [0.25, 0.3) is 5.69 Å². The number of benzene rings is 1. The Balaban J connectivity index is 2.00. The predicted molar refractivity (Wildman–Crippen MR) is 62.4 cm³/mol. The Hall–Kier alpha value is -2.01. The molecule has 0 aliphatic carbocycles. The van der Waals surface area contributed by atoms with E-state index < -0.39 is 0 Å². The molecule has 0 unspecified atom stereocenters. The van der Waals surface area contributed by atoms with Gasteiger partial charge in [-0.1, -0.05) is 0 Å². The van der Waals surface area contributed by atoms with Gasteiger partial charge in [-0.05, 0) is 18.7 Å². The lowest BCUT2D eigenvalue weighted by Gasteiger charge is -2.07. The molecule has 2 N–H and O–H groups in total. The van der Waals surface area contributed by atoms with Crippen molar-refractivity contribution in [3.63, 3.8) is 0 Å². The van der Waals surface area contributed by atoms with Crippen LogP contribution in [0.2, 0.25) is 0 Å². The zero-order valence-electron chi connectivity index (χ0n) is 9.30. The molecule has 1 aliphatic rings. The number of ether oxygens (including phenoxy) is 2. The van der Waals surface area contributed by atoms with E-state index in [1.807, 2.05) is 29.0 Å². The van der Waals surface area contributed by atoms with E-state index in [-0.39, 0.29) is 0 Å². The number of rotatable bonds is 3. The highest BCUT2D eigenvalue weighted by molar-refractivity contribution is 5.50. The molecule has 1 aromatic heterocycles. The molecule has 88 valence electrons. The van der Waals surface area contributed by atoms with E-state index >= 15 is 0 Å². The highest BCUT2D eigenvalue weighted by atomic mass is 16.7. The van der Waals surface area contributed by atoms with Crippen LogP contribution in [0.15, 0.2) is 30.6 Å². The van der Waals surface area contributed by atoms with Crippen molar-refractivity contribution in [3.8, 4) is 17.2 Å². The summed E-state index contributed by atoms with van der Waals surface area (Å²) in [5.41, 5.74) is 6.57. The second kappa shape index (κ2) is 4.10. The zero-order valence-corrected chi connectivity index (χ0v) is 9.30. The standard InChI is InChI=1S/C12H13N3O2/c13-4-3-12-14-5-6-15(12)9-1-2-10-11(7-9)17-8-16-10/h1-2,5-7H,3-4,8,13H2. The number of imidazole rings is 1. The second-order valence-corrected chi connectivity index (χ2v) is 3.79. The lowest BCUT2D eigenvalue weighted by molar-refractivity contribution is 0.174. The van der Waals surface area contributed by atoms with Crippen LogP contribution < -0.4 is 15.2 Å². The van der Waals surface area contributed by atoms with Gasteiger partial charge in [0.05, 0.1) is 5.69 Å². The van der Waals surface area contributed by atoms with Gasteiger partial charge in [0.1, 0.15) is 5.82 Å². The largest absolute Gasteiger partial charge is 0.454 e. The predicted octanol–water partition coefficient (Wildman–Crippen LogP) is 1.10. The molecule has 2 aromatic rings. The molecule has 3 rings (SSSR count). The Morgan fingerprint density at radius 1 is 1.29 bits per heavy atom. The average molecular weight is 231 g/mol. The Labute approximate surface area is 98.8 Å². The van der Waals surface area contributed by atoms with Gasteiger partial charge in [0.15, 0.2) is 11.5 Å². The third kappa shape index (κ3) is 1.74. The molecule has 2 heterocycles. The summed E-state index contributed by atoms with van der Waals surface area (Å²) in [6.45, 7) is 0.875. The van der Waals surface area contributed by atoms with Gasteiger partial charge in [-0.25, -0.2) is 4.98 Å². The first kappa shape index (κ1) is 10.2. The van der Waals surface area contributed by atoms with Crippen LogP contribution in [0.3, 0.4) is 0 Å². The monoisotopic (exact) mass is 231 g/mol. The Morgan fingerprint density at radius 3 is 3.06 bits per heavy atom. The number of aromatic nitrogens is 2. The van der Waals surface area contributed by atoms with Gasteiger partial charge >= 0.3 is 0 Å². The second-order valence-electron chi connectivity index (χ2n) is 3.79. The summed E-state index contributed by atoms with van der Waals surface area (Å²) in [6, 6.07) is 5.84. The zero-order chi connectivity index (χ0) is 11.7. The smallest absolute Gasteiger partial charge is 0.231 e. The van der Waals surface area contributed by atoms with E-state index in [4.69, 9.17) is 15.2 Å². The van der Waals surface area contributed by atoms with Crippen LogP contribution in [0.4, 0.5) is 0 Å². The van der Waals surface area contributed by atoms with Gasteiger partial charge < -0.3 is 19.8 Å². The molecule has 0 saturated carbocycles. The molecule has 5 heteroatoms. The third-order valence-corrected chi connectivity index (χ3v) is 2.72. The molecule has 17 heavy (non-hydrogen) atoms. The van der Waals surface area contributed by atoms with Crippen LogP contribution in [0.5, 0.6) is 11.5 Å². The molecule has 0 saturated heterocycles. The van der Waals surface area contributed by atoms with Crippen molar-refractivity contribution < 1.29 is 9.47 Å². The molecular formula is C12H13N3O2. The first-order valence-corrected chi connectivity index (χ1v) is 5.51. The first-order chi connectivity index (χ1) is 8.38. The van der Waals surface area contributed by atoms with Gasteiger partial charge in [0.2, 0.25) is 6.79 Å². The lowest BCUT2D eigenvalue weighted by atomic mass is 10.2. The minimum absolute atomic E-state index is 0.290. The molecule has 1 aliphatic heterocycles. The molecule has 0 radical (unpaired) electrons. The van der Waals surface area contributed by atoms with Crippen LogP contribution in [-0.2, 0) is 6.42 Å². The summed E-state index contributed by atoms with van der Waals surface area (Å²) in [7, 11) is 0. The minimum atomic E-state index is 0.290. The molecule has 0 amide bonds. The first-order valence-electron chi connectivity index (χ1n) is 5.51. The summed E-state index contributed by atoms with van der Waals surface area (Å²) in [5.74, 6) is 2.51. The number of nitrogens with zero attached hydrogens (tertiary/aromatic N) is 2. The summed E-state index contributed by atoms with van der Waals surface area (Å²) >= 11 is 0. The Kier molecular flexibility index (Phi) is 2.45. The van der Waals surface area contributed by atoms with Crippen molar-refractivity contribution in [2.75, 3.05) is 13.3 Å². The van der Waals surface area contributed by atoms with Crippen molar-refractivity contribution in [1.82, 2.24) is 9.55 Å². The van der Waals surface area contributed by atoms with Crippen LogP contribution >= 0.6 is 0 Å². The molecular weight excluding hydrogens is 218 g/mol. The normalized spacial score (nSPS) is 13.0. The van der Waals surface area contributed by atoms with E-state index in [9.17, 15) is 0 Å². The molecule has 1 aromatic carbocycles. The molecule has 0 bridgehead atoms. The van der Waals surface area contributed by atoms with Crippen LogP contribution in [-0.4, -0.2) is 22.9 Å². The van der Waals surface area contributed by atoms with E-state index in [1.165, 1.54) is 0 Å². The number of fused-ring (bicyclic) bond motifs is 1. The maximum Gasteiger partial charge on any atom is 0.231 e. The Bertz CT molecular complexity index is 536. The van der Waals surface area contributed by atoms with Crippen LogP contribution in [0.1, 0.15) is 5.82 Å². The summed E-state index contributed by atoms with van der Waals surface area (Å²) in [5, 5.41) is 0. The Morgan fingerprint density at radius 2 is 2.18 bits per heavy atom. The summed E-state index contributed by atoms with van der Waals surface area (Å²) in [6.07, 6.45) is 4.44. The number of hydrogen-bond acceptors (Lipinski definition) is 4. The van der Waals surface area contributed by atoms with Crippen molar-refractivity contribution in [1.29, 1.82) is 0 Å². The van der Waals surface area contributed by atoms with Gasteiger partial charge in [-0.3, -0.25) is 0 Å². The molecule has 5 nitrogen and oxygen atoms in total. The van der Waals surface area contributed by atoms with Crippen molar-refractivity contribution in [2.24, 2.45) is 5.73 Å².